The van der Waals surface area contributed by atoms with Crippen LogP contribution >= 0.6 is 11.6 Å². The minimum Gasteiger partial charge on any atom is -0.354 e. The molecule has 0 aliphatic carbocycles. The van der Waals surface area contributed by atoms with Crippen LogP contribution in [0.3, 0.4) is 0 Å². The SMILES string of the molecule is CC(C)C1CCCN(c2nccc(CCl)c2F)CC1. The molecule has 4 heteroatoms. The summed E-state index contributed by atoms with van der Waals surface area (Å²) < 4.78 is 14.3. The van der Waals surface area contributed by atoms with Crippen LogP contribution in [0.5, 0.6) is 0 Å². The van der Waals surface area contributed by atoms with Gasteiger partial charge in [0.2, 0.25) is 0 Å². The van der Waals surface area contributed by atoms with Crippen LogP contribution < -0.4 is 4.90 Å². The summed E-state index contributed by atoms with van der Waals surface area (Å²) in [7, 11) is 0. The van der Waals surface area contributed by atoms with Gasteiger partial charge in [-0.05, 0) is 37.2 Å². The second kappa shape index (κ2) is 6.56. The van der Waals surface area contributed by atoms with E-state index in [9.17, 15) is 4.39 Å². The van der Waals surface area contributed by atoms with Gasteiger partial charge in [-0.3, -0.25) is 0 Å². The summed E-state index contributed by atoms with van der Waals surface area (Å²) in [6, 6.07) is 1.65. The molecule has 2 heterocycles. The van der Waals surface area contributed by atoms with E-state index in [2.05, 4.69) is 23.7 Å². The highest BCUT2D eigenvalue weighted by molar-refractivity contribution is 6.17. The molecule has 1 atom stereocenters. The summed E-state index contributed by atoms with van der Waals surface area (Å²) in [5.41, 5.74) is 0.538. The molecule has 106 valence electrons. The standard InChI is InChI=1S/C15H22ClFN2/c1-11(2)12-4-3-8-19(9-6-12)15-14(17)13(10-16)5-7-18-15/h5,7,11-12H,3-4,6,8-10H2,1-2H3. The van der Waals surface area contributed by atoms with Gasteiger partial charge < -0.3 is 4.90 Å². The predicted octanol–water partition coefficient (Wildman–Crippen LogP) is 4.22. The highest BCUT2D eigenvalue weighted by Gasteiger charge is 2.22. The van der Waals surface area contributed by atoms with Crippen LogP contribution in [0.15, 0.2) is 12.3 Å². The number of anilines is 1. The van der Waals surface area contributed by atoms with Gasteiger partial charge in [-0.2, -0.15) is 0 Å². The number of alkyl halides is 1. The van der Waals surface area contributed by atoms with E-state index in [4.69, 9.17) is 11.6 Å². The Morgan fingerprint density at radius 1 is 1.42 bits per heavy atom. The summed E-state index contributed by atoms with van der Waals surface area (Å²) >= 11 is 5.75. The van der Waals surface area contributed by atoms with Crippen LogP contribution in [-0.4, -0.2) is 18.1 Å². The van der Waals surface area contributed by atoms with Crippen LogP contribution in [0.4, 0.5) is 10.2 Å². The summed E-state index contributed by atoms with van der Waals surface area (Å²) in [5, 5.41) is 0. The number of hydrogen-bond donors (Lipinski definition) is 0. The Hall–Kier alpha value is -0.830. The minimum absolute atomic E-state index is 0.198. The molecular formula is C15H22ClFN2. The maximum Gasteiger partial charge on any atom is 0.170 e. The Morgan fingerprint density at radius 3 is 2.89 bits per heavy atom. The third-order valence-electron chi connectivity index (χ3n) is 4.11. The van der Waals surface area contributed by atoms with Gasteiger partial charge >= 0.3 is 0 Å². The van der Waals surface area contributed by atoms with Crippen molar-refractivity contribution in [3.8, 4) is 0 Å². The molecule has 1 aromatic heterocycles. The molecule has 19 heavy (non-hydrogen) atoms. The molecular weight excluding hydrogens is 263 g/mol. The van der Waals surface area contributed by atoms with E-state index in [1.54, 1.807) is 12.3 Å². The van der Waals surface area contributed by atoms with Gasteiger partial charge in [0.25, 0.3) is 0 Å². The average molecular weight is 285 g/mol. The van der Waals surface area contributed by atoms with Crippen molar-refractivity contribution in [3.05, 3.63) is 23.6 Å². The fourth-order valence-electron chi connectivity index (χ4n) is 2.80. The largest absolute Gasteiger partial charge is 0.354 e. The van der Waals surface area contributed by atoms with E-state index in [-0.39, 0.29) is 11.7 Å². The lowest BCUT2D eigenvalue weighted by molar-refractivity contribution is 0.351. The van der Waals surface area contributed by atoms with E-state index >= 15 is 0 Å². The van der Waals surface area contributed by atoms with Gasteiger partial charge in [-0.25, -0.2) is 9.37 Å². The molecule has 0 N–H and O–H groups in total. The normalized spacial score (nSPS) is 20.7. The third-order valence-corrected chi connectivity index (χ3v) is 4.40. The topological polar surface area (TPSA) is 16.1 Å². The van der Waals surface area contributed by atoms with Crippen molar-refractivity contribution in [1.82, 2.24) is 4.98 Å². The summed E-state index contributed by atoms with van der Waals surface area (Å²) in [6.07, 6.45) is 5.10. The van der Waals surface area contributed by atoms with Crippen molar-refractivity contribution in [3.63, 3.8) is 0 Å². The van der Waals surface area contributed by atoms with Gasteiger partial charge in [0.05, 0.1) is 5.88 Å². The fourth-order valence-corrected chi connectivity index (χ4v) is 3.00. The molecule has 1 aliphatic rings. The highest BCUT2D eigenvalue weighted by atomic mass is 35.5. The Balaban J connectivity index is 2.14. The number of rotatable bonds is 3. The minimum atomic E-state index is -0.250. The highest BCUT2D eigenvalue weighted by Crippen LogP contribution is 2.28. The Kier molecular flexibility index (Phi) is 5.03. The van der Waals surface area contributed by atoms with Crippen LogP contribution in [0, 0.1) is 17.7 Å². The smallest absolute Gasteiger partial charge is 0.170 e. The van der Waals surface area contributed by atoms with Gasteiger partial charge in [0.1, 0.15) is 0 Å². The molecule has 0 saturated carbocycles. The Bertz CT molecular complexity index is 423. The number of hydrogen-bond acceptors (Lipinski definition) is 2. The number of nitrogens with zero attached hydrogens (tertiary/aromatic N) is 2. The van der Waals surface area contributed by atoms with Crippen LogP contribution in [0.25, 0.3) is 0 Å². The van der Waals surface area contributed by atoms with Crippen molar-refractivity contribution < 1.29 is 4.39 Å². The molecule has 1 saturated heterocycles. The first-order valence-electron chi connectivity index (χ1n) is 7.07. The number of pyridine rings is 1. The molecule has 0 amide bonds. The second-order valence-electron chi connectivity index (χ2n) is 5.66. The van der Waals surface area contributed by atoms with E-state index in [0.29, 0.717) is 17.3 Å². The molecule has 2 rings (SSSR count). The zero-order chi connectivity index (χ0) is 13.8. The number of aromatic nitrogens is 1. The monoisotopic (exact) mass is 284 g/mol. The maximum atomic E-state index is 14.3. The third kappa shape index (κ3) is 3.38. The molecule has 0 spiro atoms. The van der Waals surface area contributed by atoms with Gasteiger partial charge in [0.15, 0.2) is 11.6 Å². The lowest BCUT2D eigenvalue weighted by Gasteiger charge is -2.23. The first kappa shape index (κ1) is 14.6. The first-order valence-corrected chi connectivity index (χ1v) is 7.61. The summed E-state index contributed by atoms with van der Waals surface area (Å²) in [4.78, 5) is 6.29. The average Bonchev–Trinajstić information content (AvgIpc) is 2.65. The van der Waals surface area contributed by atoms with Gasteiger partial charge in [-0.1, -0.05) is 13.8 Å². The molecule has 0 radical (unpaired) electrons. The van der Waals surface area contributed by atoms with Crippen molar-refractivity contribution in [2.24, 2.45) is 11.8 Å². The quantitative estimate of drug-likeness (QED) is 0.773. The zero-order valence-corrected chi connectivity index (χ0v) is 12.5. The van der Waals surface area contributed by atoms with E-state index in [1.807, 2.05) is 0 Å². The molecule has 0 bridgehead atoms. The van der Waals surface area contributed by atoms with Crippen molar-refractivity contribution >= 4 is 17.4 Å². The van der Waals surface area contributed by atoms with E-state index in [0.717, 1.165) is 31.8 Å². The van der Waals surface area contributed by atoms with Gasteiger partial charge in [0, 0.05) is 24.8 Å². The molecule has 1 fully saturated rings. The molecule has 1 unspecified atom stereocenters. The molecule has 2 nitrogen and oxygen atoms in total. The van der Waals surface area contributed by atoms with Crippen molar-refractivity contribution in [1.29, 1.82) is 0 Å². The summed E-state index contributed by atoms with van der Waals surface area (Å²) in [6.45, 7) is 6.32. The second-order valence-corrected chi connectivity index (χ2v) is 5.93. The summed E-state index contributed by atoms with van der Waals surface area (Å²) in [5.74, 6) is 1.86. The lowest BCUT2D eigenvalue weighted by atomic mass is 9.89. The maximum absolute atomic E-state index is 14.3. The predicted molar refractivity (Wildman–Crippen MR) is 78.1 cm³/mol. The van der Waals surface area contributed by atoms with Gasteiger partial charge in [-0.15, -0.1) is 11.6 Å². The van der Waals surface area contributed by atoms with Crippen LogP contribution in [0.1, 0.15) is 38.7 Å². The van der Waals surface area contributed by atoms with Crippen molar-refractivity contribution in [2.75, 3.05) is 18.0 Å². The molecule has 0 aromatic carbocycles. The fraction of sp³-hybridized carbons (Fsp3) is 0.667. The Morgan fingerprint density at radius 2 is 2.21 bits per heavy atom. The van der Waals surface area contributed by atoms with E-state index in [1.165, 1.54) is 6.42 Å². The lowest BCUT2D eigenvalue weighted by Crippen LogP contribution is -2.26. The molecule has 1 aromatic rings. The Labute approximate surface area is 120 Å². The van der Waals surface area contributed by atoms with Crippen molar-refractivity contribution in [2.45, 2.75) is 39.0 Å². The number of halogens is 2. The first-order chi connectivity index (χ1) is 9.13. The molecule has 1 aliphatic heterocycles. The zero-order valence-electron chi connectivity index (χ0n) is 11.7. The van der Waals surface area contributed by atoms with Crippen LogP contribution in [-0.2, 0) is 5.88 Å². The van der Waals surface area contributed by atoms with E-state index < -0.39 is 0 Å². The van der Waals surface area contributed by atoms with Crippen LogP contribution in [0.2, 0.25) is 0 Å².